The van der Waals surface area contributed by atoms with Gasteiger partial charge in [0.25, 0.3) is 0 Å². The molecule has 0 spiro atoms. The number of fused-ring (bicyclic) bond motifs is 2. The highest BCUT2D eigenvalue weighted by Crippen LogP contribution is 2.36. The number of carbonyl (C=O) groups excluding carboxylic acids is 1. The van der Waals surface area contributed by atoms with Crippen LogP contribution in [0.5, 0.6) is 0 Å². The number of rotatable bonds is 4. The maximum atomic E-state index is 12.1. The minimum atomic E-state index is -1.82. The van der Waals surface area contributed by atoms with Gasteiger partial charge in [0.2, 0.25) is 0 Å². The summed E-state index contributed by atoms with van der Waals surface area (Å²) in [6, 6.07) is 16.3. The SMILES string of the molecule is CN1CCC(OC2c3ccccc3CCn3cc(-c4ccc(NC(=O)OC(C)(C)C)cc4)nc32)CC1.O=C(O)C(=O)O. The molecular formula is C31H38N4O7. The minimum absolute atomic E-state index is 0.182. The summed E-state index contributed by atoms with van der Waals surface area (Å²) >= 11 is 0. The Kier molecular flexibility index (Phi) is 9.64. The molecule has 2 aromatic carbocycles. The van der Waals surface area contributed by atoms with Crippen molar-refractivity contribution in [2.24, 2.45) is 0 Å². The van der Waals surface area contributed by atoms with E-state index in [1.807, 2.05) is 45.0 Å². The van der Waals surface area contributed by atoms with Gasteiger partial charge in [-0.1, -0.05) is 36.4 Å². The van der Waals surface area contributed by atoms with E-state index in [1.54, 1.807) is 0 Å². The highest BCUT2D eigenvalue weighted by molar-refractivity contribution is 6.27. The van der Waals surface area contributed by atoms with E-state index in [9.17, 15) is 4.79 Å². The standard InChI is InChI=1S/C29H36N4O3.C2H2O4/c1-29(2,3)36-28(34)30-22-11-9-21(10-12-22)25-19-33-18-13-20-7-5-6-8-24(20)26(27(33)31-25)35-23-14-16-32(4)17-15-23;3-1(4)2(5)6/h5-12,19,23,26H,13-18H2,1-4H3,(H,30,34);(H,3,4)(H,5,6). The first-order chi connectivity index (χ1) is 19.9. The number of hydrogen-bond acceptors (Lipinski definition) is 7. The van der Waals surface area contributed by atoms with Crippen molar-refractivity contribution in [3.8, 4) is 11.3 Å². The van der Waals surface area contributed by atoms with Crippen molar-refractivity contribution in [3.63, 3.8) is 0 Å². The number of nitrogens with one attached hydrogen (secondary N) is 1. The Hall–Kier alpha value is -4.22. The largest absolute Gasteiger partial charge is 0.473 e. The molecule has 1 aromatic heterocycles. The molecule has 3 N–H and O–H groups in total. The molecule has 0 bridgehead atoms. The van der Waals surface area contributed by atoms with Crippen LogP contribution in [0, 0.1) is 0 Å². The van der Waals surface area contributed by atoms with Gasteiger partial charge in [-0.2, -0.15) is 0 Å². The zero-order valence-electron chi connectivity index (χ0n) is 24.4. The molecule has 1 saturated heterocycles. The number of carboxylic acid groups (broad SMARTS) is 2. The number of carboxylic acids is 2. The zero-order valence-corrected chi connectivity index (χ0v) is 24.4. The lowest BCUT2D eigenvalue weighted by Gasteiger charge is -2.32. The van der Waals surface area contributed by atoms with Crippen LogP contribution in [0.3, 0.4) is 0 Å². The number of aliphatic carboxylic acids is 2. The highest BCUT2D eigenvalue weighted by atomic mass is 16.6. The van der Waals surface area contributed by atoms with Crippen LogP contribution in [-0.2, 0) is 32.0 Å². The molecule has 0 saturated carbocycles. The van der Waals surface area contributed by atoms with Crippen molar-refractivity contribution < 1.29 is 34.1 Å². The van der Waals surface area contributed by atoms with Crippen molar-refractivity contribution in [3.05, 3.63) is 71.7 Å². The lowest BCUT2D eigenvalue weighted by molar-refractivity contribution is -0.159. The van der Waals surface area contributed by atoms with Crippen molar-refractivity contribution in [2.75, 3.05) is 25.5 Å². The Morgan fingerprint density at radius 1 is 0.952 bits per heavy atom. The molecule has 0 aliphatic carbocycles. The van der Waals surface area contributed by atoms with E-state index in [0.717, 1.165) is 56.0 Å². The fourth-order valence-electron chi connectivity index (χ4n) is 4.95. The van der Waals surface area contributed by atoms with Crippen molar-refractivity contribution in [2.45, 2.75) is 64.4 Å². The number of carbonyl (C=O) groups is 3. The number of aromatic nitrogens is 2. The van der Waals surface area contributed by atoms with Crippen LogP contribution in [0.2, 0.25) is 0 Å². The van der Waals surface area contributed by atoms with Crippen LogP contribution >= 0.6 is 0 Å². The van der Waals surface area contributed by atoms with Crippen LogP contribution in [0.15, 0.2) is 54.7 Å². The van der Waals surface area contributed by atoms with Gasteiger partial charge in [-0.05, 0) is 70.3 Å². The normalized spacial score (nSPS) is 17.1. The van der Waals surface area contributed by atoms with Gasteiger partial charge in [-0.25, -0.2) is 19.4 Å². The fraction of sp³-hybridized carbons (Fsp3) is 0.419. The first kappa shape index (κ1) is 30.7. The second-order valence-corrected chi connectivity index (χ2v) is 11.5. The number of piperidine rings is 1. The van der Waals surface area contributed by atoms with Gasteiger partial charge in [-0.3, -0.25) is 5.32 Å². The van der Waals surface area contributed by atoms with Gasteiger partial charge >= 0.3 is 18.0 Å². The van der Waals surface area contributed by atoms with E-state index in [2.05, 4.69) is 52.3 Å². The average molecular weight is 579 g/mol. The topological polar surface area (TPSA) is 143 Å². The van der Waals surface area contributed by atoms with Crippen LogP contribution < -0.4 is 5.32 Å². The first-order valence-electron chi connectivity index (χ1n) is 13.9. The third kappa shape index (κ3) is 8.17. The lowest BCUT2D eigenvalue weighted by atomic mass is 10.00. The van der Waals surface area contributed by atoms with Crippen molar-refractivity contribution in [1.82, 2.24) is 14.5 Å². The van der Waals surface area contributed by atoms with Gasteiger partial charge in [-0.15, -0.1) is 0 Å². The summed E-state index contributed by atoms with van der Waals surface area (Å²) in [7, 11) is 2.17. The average Bonchev–Trinajstić information content (AvgIpc) is 3.29. The van der Waals surface area contributed by atoms with E-state index >= 15 is 0 Å². The minimum Gasteiger partial charge on any atom is -0.473 e. The molecule has 1 atom stereocenters. The molecule has 42 heavy (non-hydrogen) atoms. The maximum Gasteiger partial charge on any atom is 0.414 e. The number of benzene rings is 2. The zero-order chi connectivity index (χ0) is 30.4. The summed E-state index contributed by atoms with van der Waals surface area (Å²) in [4.78, 5) is 37.8. The smallest absolute Gasteiger partial charge is 0.414 e. The summed E-state index contributed by atoms with van der Waals surface area (Å²) < 4.78 is 14.4. The summed E-state index contributed by atoms with van der Waals surface area (Å²) in [5.74, 6) is -2.69. The van der Waals surface area contributed by atoms with E-state index < -0.39 is 23.6 Å². The number of ether oxygens (including phenoxy) is 2. The molecule has 3 aromatic rings. The first-order valence-corrected chi connectivity index (χ1v) is 13.9. The molecule has 1 unspecified atom stereocenters. The predicted molar refractivity (Wildman–Crippen MR) is 156 cm³/mol. The Morgan fingerprint density at radius 3 is 2.21 bits per heavy atom. The Balaban J connectivity index is 0.000000612. The van der Waals surface area contributed by atoms with E-state index in [-0.39, 0.29) is 12.2 Å². The Morgan fingerprint density at radius 2 is 1.60 bits per heavy atom. The van der Waals surface area contributed by atoms with E-state index in [1.165, 1.54) is 11.1 Å². The van der Waals surface area contributed by atoms with Crippen LogP contribution in [0.4, 0.5) is 10.5 Å². The number of nitrogens with zero attached hydrogens (tertiary/aromatic N) is 3. The Bertz CT molecular complexity index is 1390. The molecule has 2 aliphatic rings. The molecular weight excluding hydrogens is 540 g/mol. The highest BCUT2D eigenvalue weighted by Gasteiger charge is 2.30. The van der Waals surface area contributed by atoms with Gasteiger partial charge < -0.3 is 29.2 Å². The quantitative estimate of drug-likeness (QED) is 0.372. The van der Waals surface area contributed by atoms with Gasteiger partial charge in [0, 0.05) is 37.1 Å². The third-order valence-corrected chi connectivity index (χ3v) is 7.00. The van der Waals surface area contributed by atoms with Gasteiger partial charge in [0.05, 0.1) is 11.8 Å². The van der Waals surface area contributed by atoms with E-state index in [0.29, 0.717) is 5.69 Å². The molecule has 11 heteroatoms. The Labute approximate surface area is 245 Å². The van der Waals surface area contributed by atoms with Crippen molar-refractivity contribution >= 4 is 23.7 Å². The molecule has 11 nitrogen and oxygen atoms in total. The van der Waals surface area contributed by atoms with Crippen LogP contribution in [0.1, 0.15) is 56.7 Å². The monoisotopic (exact) mass is 578 g/mol. The third-order valence-electron chi connectivity index (χ3n) is 7.00. The predicted octanol–water partition coefficient (Wildman–Crippen LogP) is 4.81. The summed E-state index contributed by atoms with van der Waals surface area (Å²) in [5.41, 5.74) is 4.61. The summed E-state index contributed by atoms with van der Waals surface area (Å²) in [6.07, 6.45) is 4.73. The van der Waals surface area contributed by atoms with Gasteiger partial charge in [0.1, 0.15) is 17.5 Å². The number of imidazole rings is 1. The molecule has 0 radical (unpaired) electrons. The van der Waals surface area contributed by atoms with Crippen LogP contribution in [-0.4, -0.2) is 74.5 Å². The molecule has 224 valence electrons. The maximum absolute atomic E-state index is 12.1. The number of aryl methyl sites for hydroxylation is 2. The number of hydrogen-bond donors (Lipinski definition) is 3. The van der Waals surface area contributed by atoms with Crippen molar-refractivity contribution in [1.29, 1.82) is 0 Å². The molecule has 1 fully saturated rings. The molecule has 5 rings (SSSR count). The number of amides is 1. The number of anilines is 1. The number of likely N-dealkylation sites (tertiary alicyclic amines) is 1. The molecule has 2 aliphatic heterocycles. The van der Waals surface area contributed by atoms with Crippen LogP contribution in [0.25, 0.3) is 11.3 Å². The molecule has 3 heterocycles. The second-order valence-electron chi connectivity index (χ2n) is 11.5. The van der Waals surface area contributed by atoms with E-state index in [4.69, 9.17) is 34.3 Å². The lowest BCUT2D eigenvalue weighted by Crippen LogP contribution is -2.35. The summed E-state index contributed by atoms with van der Waals surface area (Å²) in [6.45, 7) is 8.53. The molecule has 1 amide bonds. The summed E-state index contributed by atoms with van der Waals surface area (Å²) in [5, 5.41) is 17.6. The second kappa shape index (κ2) is 13.2. The van der Waals surface area contributed by atoms with Gasteiger partial charge in [0.15, 0.2) is 0 Å². The fourth-order valence-corrected chi connectivity index (χ4v) is 4.95.